The van der Waals surface area contributed by atoms with E-state index in [2.05, 4.69) is 24.5 Å². The summed E-state index contributed by atoms with van der Waals surface area (Å²) in [7, 11) is 3.96. The van der Waals surface area contributed by atoms with Gasteiger partial charge in [-0.05, 0) is 51.0 Å². The van der Waals surface area contributed by atoms with Gasteiger partial charge in [0.05, 0.1) is 0 Å². The highest BCUT2D eigenvalue weighted by Gasteiger charge is 2.23. The summed E-state index contributed by atoms with van der Waals surface area (Å²) >= 11 is 0. The second-order valence-electron chi connectivity index (χ2n) is 7.87. The van der Waals surface area contributed by atoms with E-state index >= 15 is 0 Å². The molecule has 152 valence electrons. The Morgan fingerprint density at radius 3 is 2.19 bits per heavy atom. The van der Waals surface area contributed by atoms with E-state index in [4.69, 9.17) is 0 Å². The average molecular weight is 377 g/mol. The molecule has 0 saturated carbocycles. The smallest absolute Gasteiger partial charge is 0.319 e. The topological polar surface area (TPSA) is 64.7 Å². The molecule has 0 aliphatic heterocycles. The molecule has 6 nitrogen and oxygen atoms in total. The number of rotatable bonds is 8. The molecule has 0 unspecified atom stereocenters. The largest absolute Gasteiger partial charge is 0.377 e. The predicted octanol–water partition coefficient (Wildman–Crippen LogP) is 4.07. The van der Waals surface area contributed by atoms with Crippen LogP contribution in [0.4, 0.5) is 16.2 Å². The number of hydrogen-bond donors (Lipinski definition) is 2. The molecule has 0 aliphatic rings. The fraction of sp³-hybridized carbons (Fsp3) is 0.619. The first-order valence-electron chi connectivity index (χ1n) is 9.75. The van der Waals surface area contributed by atoms with Crippen molar-refractivity contribution in [1.82, 2.24) is 10.2 Å². The molecule has 6 heteroatoms. The molecule has 0 fully saturated rings. The molecule has 1 aromatic rings. The third-order valence-electron chi connectivity index (χ3n) is 4.48. The summed E-state index contributed by atoms with van der Waals surface area (Å²) in [5, 5.41) is 5.70. The standard InChI is InChI=1S/C21H36N4O2/c1-9-16(6)25(20(26)14(2)3)13-17-12-18(10-11-19(17)24(7)8)23-21(27)22-15(4)5/h10-12,14-16H,9,13H2,1-8H3,(H2,22,23,27)/t16-/m1/s1. The minimum absolute atomic E-state index is 0.0556. The van der Waals surface area contributed by atoms with Gasteiger partial charge in [-0.2, -0.15) is 0 Å². The first-order valence-corrected chi connectivity index (χ1v) is 9.75. The van der Waals surface area contributed by atoms with Crippen LogP contribution in [-0.2, 0) is 11.3 Å². The highest BCUT2D eigenvalue weighted by atomic mass is 16.2. The highest BCUT2D eigenvalue weighted by Crippen LogP contribution is 2.26. The SMILES string of the molecule is CC[C@@H](C)N(Cc1cc(NC(=O)NC(C)C)ccc1N(C)C)C(=O)C(C)C. The van der Waals surface area contributed by atoms with Crippen molar-refractivity contribution in [3.05, 3.63) is 23.8 Å². The first-order chi connectivity index (χ1) is 12.6. The molecule has 2 N–H and O–H groups in total. The van der Waals surface area contributed by atoms with Gasteiger partial charge in [0.25, 0.3) is 0 Å². The Balaban J connectivity index is 3.18. The maximum absolute atomic E-state index is 12.7. The number of anilines is 2. The summed E-state index contributed by atoms with van der Waals surface area (Å²) in [5.74, 6) is 0.0879. The maximum Gasteiger partial charge on any atom is 0.319 e. The van der Waals surface area contributed by atoms with Gasteiger partial charge >= 0.3 is 6.03 Å². The quantitative estimate of drug-likeness (QED) is 0.719. The van der Waals surface area contributed by atoms with Crippen LogP contribution in [0.1, 0.15) is 53.5 Å². The van der Waals surface area contributed by atoms with Crippen LogP contribution in [0.15, 0.2) is 18.2 Å². The van der Waals surface area contributed by atoms with Crippen molar-refractivity contribution in [2.75, 3.05) is 24.3 Å². The van der Waals surface area contributed by atoms with Crippen LogP contribution in [0.3, 0.4) is 0 Å². The Morgan fingerprint density at radius 1 is 1.07 bits per heavy atom. The van der Waals surface area contributed by atoms with Crippen LogP contribution in [0.5, 0.6) is 0 Å². The fourth-order valence-electron chi connectivity index (χ4n) is 2.84. The third kappa shape index (κ3) is 6.77. The lowest BCUT2D eigenvalue weighted by Crippen LogP contribution is -2.40. The second-order valence-corrected chi connectivity index (χ2v) is 7.87. The summed E-state index contributed by atoms with van der Waals surface area (Å²) in [4.78, 5) is 28.7. The van der Waals surface area contributed by atoms with Gasteiger partial charge in [0.2, 0.25) is 5.91 Å². The number of carbonyl (C=O) groups excluding carboxylic acids is 2. The van der Waals surface area contributed by atoms with Crippen molar-refractivity contribution in [3.63, 3.8) is 0 Å². The van der Waals surface area contributed by atoms with Gasteiger partial charge in [-0.1, -0.05) is 20.8 Å². The molecule has 3 amide bonds. The molecule has 0 saturated heterocycles. The van der Waals surface area contributed by atoms with Crippen LogP contribution in [0, 0.1) is 5.92 Å². The van der Waals surface area contributed by atoms with Crippen LogP contribution >= 0.6 is 0 Å². The van der Waals surface area contributed by atoms with Gasteiger partial charge < -0.3 is 20.4 Å². The van der Waals surface area contributed by atoms with Crippen LogP contribution < -0.4 is 15.5 Å². The first kappa shape index (κ1) is 22.8. The average Bonchev–Trinajstić information content (AvgIpc) is 2.57. The number of carbonyl (C=O) groups is 2. The lowest BCUT2D eigenvalue weighted by molar-refractivity contribution is -0.137. The molecule has 1 rings (SSSR count). The van der Waals surface area contributed by atoms with E-state index in [0.29, 0.717) is 6.54 Å². The van der Waals surface area contributed by atoms with Gasteiger partial charge in [0, 0.05) is 50.0 Å². The number of benzene rings is 1. The zero-order valence-corrected chi connectivity index (χ0v) is 18.1. The van der Waals surface area contributed by atoms with Crippen molar-refractivity contribution in [1.29, 1.82) is 0 Å². The predicted molar refractivity (Wildman–Crippen MR) is 113 cm³/mol. The second kappa shape index (κ2) is 10.2. The molecule has 0 aliphatic carbocycles. The van der Waals surface area contributed by atoms with Crippen molar-refractivity contribution in [2.24, 2.45) is 5.92 Å². The summed E-state index contributed by atoms with van der Waals surface area (Å²) in [6.07, 6.45) is 0.893. The van der Waals surface area contributed by atoms with Gasteiger partial charge in [-0.25, -0.2) is 4.79 Å². The summed E-state index contributed by atoms with van der Waals surface area (Å²) < 4.78 is 0. The van der Waals surface area contributed by atoms with Gasteiger partial charge in [0.1, 0.15) is 0 Å². The molecule has 0 spiro atoms. The Kier molecular flexibility index (Phi) is 8.60. The monoisotopic (exact) mass is 376 g/mol. The highest BCUT2D eigenvalue weighted by molar-refractivity contribution is 5.90. The van der Waals surface area contributed by atoms with E-state index < -0.39 is 0 Å². The fourth-order valence-corrected chi connectivity index (χ4v) is 2.84. The molecule has 0 heterocycles. The molecule has 0 radical (unpaired) electrons. The van der Waals surface area contributed by atoms with E-state index in [1.54, 1.807) is 0 Å². The Morgan fingerprint density at radius 2 is 1.70 bits per heavy atom. The Hall–Kier alpha value is -2.24. The lowest BCUT2D eigenvalue weighted by Gasteiger charge is -2.32. The molecular weight excluding hydrogens is 340 g/mol. The minimum Gasteiger partial charge on any atom is -0.377 e. The van der Waals surface area contributed by atoms with E-state index in [-0.39, 0.29) is 29.9 Å². The van der Waals surface area contributed by atoms with E-state index in [9.17, 15) is 9.59 Å². The van der Waals surface area contributed by atoms with Crippen LogP contribution in [-0.4, -0.2) is 43.0 Å². The van der Waals surface area contributed by atoms with Crippen molar-refractivity contribution >= 4 is 23.3 Å². The van der Waals surface area contributed by atoms with Crippen LogP contribution in [0.2, 0.25) is 0 Å². The molecule has 0 aromatic heterocycles. The molecular formula is C21H36N4O2. The van der Waals surface area contributed by atoms with Gasteiger partial charge in [0.15, 0.2) is 0 Å². The van der Waals surface area contributed by atoms with Crippen LogP contribution in [0.25, 0.3) is 0 Å². The molecule has 0 bridgehead atoms. The van der Waals surface area contributed by atoms with E-state index in [1.807, 2.05) is 69.8 Å². The number of nitrogens with zero attached hydrogens (tertiary/aromatic N) is 2. The minimum atomic E-state index is -0.231. The number of nitrogens with one attached hydrogen (secondary N) is 2. The van der Waals surface area contributed by atoms with Gasteiger partial charge in [-0.3, -0.25) is 4.79 Å². The Bertz CT molecular complexity index is 641. The maximum atomic E-state index is 12.7. The number of urea groups is 1. The van der Waals surface area contributed by atoms with Gasteiger partial charge in [-0.15, -0.1) is 0 Å². The number of hydrogen-bond acceptors (Lipinski definition) is 3. The van der Waals surface area contributed by atoms with Crippen molar-refractivity contribution in [2.45, 2.75) is 66.6 Å². The van der Waals surface area contributed by atoms with E-state index in [0.717, 1.165) is 23.4 Å². The molecule has 1 aromatic carbocycles. The third-order valence-corrected chi connectivity index (χ3v) is 4.48. The molecule has 27 heavy (non-hydrogen) atoms. The Labute approximate surface area is 164 Å². The van der Waals surface area contributed by atoms with E-state index in [1.165, 1.54) is 0 Å². The van der Waals surface area contributed by atoms with Crippen molar-refractivity contribution < 1.29 is 9.59 Å². The normalized spacial score (nSPS) is 12.1. The zero-order chi connectivity index (χ0) is 20.7. The summed E-state index contributed by atoms with van der Waals surface area (Å²) in [6.45, 7) is 12.4. The zero-order valence-electron chi connectivity index (χ0n) is 18.1. The molecule has 1 atom stereocenters. The summed E-state index contributed by atoms with van der Waals surface area (Å²) in [6, 6.07) is 5.81. The summed E-state index contributed by atoms with van der Waals surface area (Å²) in [5.41, 5.74) is 2.76. The van der Waals surface area contributed by atoms with Crippen molar-refractivity contribution in [3.8, 4) is 0 Å². The lowest BCUT2D eigenvalue weighted by atomic mass is 10.1. The number of amides is 3.